The van der Waals surface area contributed by atoms with Crippen LogP contribution in [0.25, 0.3) is 0 Å². The molecule has 2 aliphatic rings. The Morgan fingerprint density at radius 1 is 1.38 bits per heavy atom. The topological polar surface area (TPSA) is 3.24 Å². The van der Waals surface area contributed by atoms with Gasteiger partial charge in [0.25, 0.3) is 0 Å². The highest BCUT2D eigenvalue weighted by Gasteiger charge is 2.47. The van der Waals surface area contributed by atoms with E-state index in [-0.39, 0.29) is 10.8 Å². The van der Waals surface area contributed by atoms with Crippen LogP contribution in [0.1, 0.15) is 17.9 Å². The lowest BCUT2D eigenvalue weighted by molar-refractivity contribution is 0.239. The van der Waals surface area contributed by atoms with Crippen molar-refractivity contribution < 1.29 is 4.39 Å². The maximum atomic E-state index is 13.1. The van der Waals surface area contributed by atoms with Crippen LogP contribution in [0.3, 0.4) is 0 Å². The minimum Gasteiger partial charge on any atom is -0.305 e. The molecule has 1 saturated heterocycles. The van der Waals surface area contributed by atoms with Gasteiger partial charge in [0.2, 0.25) is 0 Å². The van der Waals surface area contributed by atoms with Crippen molar-refractivity contribution in [1.29, 1.82) is 0 Å². The molecule has 3 rings (SSSR count). The predicted octanol–water partition coefficient (Wildman–Crippen LogP) is 3.14. The first-order valence-corrected chi connectivity index (χ1v) is 6.16. The van der Waals surface area contributed by atoms with Crippen molar-refractivity contribution in [2.45, 2.75) is 12.3 Å². The maximum absolute atomic E-state index is 13.1. The summed E-state index contributed by atoms with van der Waals surface area (Å²) < 4.78 is 13.1. The average Bonchev–Trinajstić information content (AvgIpc) is 2.99. The second-order valence-electron chi connectivity index (χ2n) is 5.16. The number of hydrogen-bond donors (Lipinski definition) is 0. The fraction of sp³-hybridized carbons (Fsp3) is 0.538. The Bertz CT molecular complexity index is 420. The van der Waals surface area contributed by atoms with Gasteiger partial charge in [0.1, 0.15) is 5.82 Å². The van der Waals surface area contributed by atoms with E-state index >= 15 is 0 Å². The Morgan fingerprint density at radius 3 is 2.94 bits per heavy atom. The molecule has 1 saturated carbocycles. The summed E-state index contributed by atoms with van der Waals surface area (Å²) in [6.45, 7) is 2.29. The van der Waals surface area contributed by atoms with Crippen molar-refractivity contribution in [2.24, 2.45) is 11.8 Å². The van der Waals surface area contributed by atoms with Crippen LogP contribution in [-0.2, 0) is 0 Å². The minimum atomic E-state index is -0.318. The first-order chi connectivity index (χ1) is 7.65. The summed E-state index contributed by atoms with van der Waals surface area (Å²) in [4.78, 5) is 2.37. The zero-order valence-electron chi connectivity index (χ0n) is 9.29. The number of hydrogen-bond acceptors (Lipinski definition) is 1. The largest absolute Gasteiger partial charge is 0.305 e. The molecule has 1 unspecified atom stereocenters. The van der Waals surface area contributed by atoms with Gasteiger partial charge in [0.05, 0.1) is 5.02 Å². The molecule has 1 aromatic carbocycles. The smallest absolute Gasteiger partial charge is 0.141 e. The van der Waals surface area contributed by atoms with E-state index in [1.54, 1.807) is 6.07 Å². The SMILES string of the molecule is CN1C[C@H]2CC2[C@@H](c2ccc(F)c(Cl)c2)C1. The zero-order chi connectivity index (χ0) is 11.3. The average molecular weight is 240 g/mol. The molecule has 1 aliphatic heterocycles. The van der Waals surface area contributed by atoms with E-state index < -0.39 is 0 Å². The van der Waals surface area contributed by atoms with Crippen LogP contribution in [0, 0.1) is 17.7 Å². The first kappa shape index (κ1) is 10.5. The van der Waals surface area contributed by atoms with Crippen LogP contribution in [-0.4, -0.2) is 25.0 Å². The van der Waals surface area contributed by atoms with Crippen molar-refractivity contribution in [2.75, 3.05) is 20.1 Å². The quantitative estimate of drug-likeness (QED) is 0.728. The second kappa shape index (κ2) is 3.71. The molecule has 1 aliphatic carbocycles. The molecule has 0 amide bonds. The van der Waals surface area contributed by atoms with Gasteiger partial charge in [-0.25, -0.2) is 4.39 Å². The van der Waals surface area contributed by atoms with E-state index in [2.05, 4.69) is 11.9 Å². The summed E-state index contributed by atoms with van der Waals surface area (Å²) in [5.74, 6) is 1.88. The summed E-state index contributed by atoms with van der Waals surface area (Å²) in [6, 6.07) is 5.18. The number of nitrogens with zero attached hydrogens (tertiary/aromatic N) is 1. The van der Waals surface area contributed by atoms with Crippen LogP contribution in [0.2, 0.25) is 5.02 Å². The molecule has 3 atom stereocenters. The van der Waals surface area contributed by atoms with Gasteiger partial charge in [-0.3, -0.25) is 0 Å². The number of piperidine rings is 1. The molecule has 86 valence electrons. The van der Waals surface area contributed by atoms with Crippen molar-refractivity contribution in [3.63, 3.8) is 0 Å². The Balaban J connectivity index is 1.88. The summed E-state index contributed by atoms with van der Waals surface area (Å²) in [6.07, 6.45) is 1.32. The lowest BCUT2D eigenvalue weighted by Gasteiger charge is -2.29. The molecule has 1 heterocycles. The van der Waals surface area contributed by atoms with Gasteiger partial charge >= 0.3 is 0 Å². The summed E-state index contributed by atoms with van der Waals surface area (Å²) in [7, 11) is 2.16. The number of fused-ring (bicyclic) bond motifs is 1. The van der Waals surface area contributed by atoms with Gasteiger partial charge in [0, 0.05) is 13.1 Å². The van der Waals surface area contributed by atoms with E-state index in [1.807, 2.05) is 6.07 Å². The third kappa shape index (κ3) is 1.74. The lowest BCUT2D eigenvalue weighted by Crippen LogP contribution is -2.32. The van der Waals surface area contributed by atoms with Crippen LogP contribution in [0.15, 0.2) is 18.2 Å². The Kier molecular flexibility index (Phi) is 2.45. The third-order valence-electron chi connectivity index (χ3n) is 3.92. The third-order valence-corrected chi connectivity index (χ3v) is 4.21. The van der Waals surface area contributed by atoms with E-state index in [9.17, 15) is 4.39 Å². The summed E-state index contributed by atoms with van der Waals surface area (Å²) >= 11 is 5.84. The highest BCUT2D eigenvalue weighted by molar-refractivity contribution is 6.30. The molecule has 1 nitrogen and oxygen atoms in total. The molecular formula is C13H15ClFN. The Labute approximate surface area is 100 Å². The Morgan fingerprint density at radius 2 is 2.19 bits per heavy atom. The molecule has 3 heteroatoms. The van der Waals surface area contributed by atoms with Gasteiger partial charge in [-0.2, -0.15) is 0 Å². The zero-order valence-corrected chi connectivity index (χ0v) is 10.0. The minimum absolute atomic E-state index is 0.253. The van der Waals surface area contributed by atoms with Crippen molar-refractivity contribution >= 4 is 11.6 Å². The summed E-state index contributed by atoms with van der Waals surface area (Å²) in [5.41, 5.74) is 1.20. The molecule has 0 spiro atoms. The van der Waals surface area contributed by atoms with Gasteiger partial charge < -0.3 is 4.90 Å². The van der Waals surface area contributed by atoms with Gasteiger partial charge in [-0.05, 0) is 48.9 Å². The molecule has 0 aromatic heterocycles. The monoisotopic (exact) mass is 239 g/mol. The van der Waals surface area contributed by atoms with Crippen molar-refractivity contribution in [3.05, 3.63) is 34.6 Å². The number of halogens is 2. The van der Waals surface area contributed by atoms with Crippen LogP contribution in [0.5, 0.6) is 0 Å². The van der Waals surface area contributed by atoms with Crippen LogP contribution in [0.4, 0.5) is 4.39 Å². The molecule has 1 aromatic rings. The molecule has 0 radical (unpaired) electrons. The molecule has 0 bridgehead atoms. The standard InChI is InChI=1S/C13H15ClFN/c1-16-6-9-4-10(9)11(7-16)8-2-3-13(15)12(14)5-8/h2-3,5,9-11H,4,6-7H2,1H3/t9-,10?,11-/m1/s1. The summed E-state index contributed by atoms with van der Waals surface area (Å²) in [5, 5.41) is 0.253. The van der Waals surface area contributed by atoms with Crippen LogP contribution >= 0.6 is 11.6 Å². The lowest BCUT2D eigenvalue weighted by atomic mass is 9.90. The maximum Gasteiger partial charge on any atom is 0.141 e. The van der Waals surface area contributed by atoms with Crippen molar-refractivity contribution in [3.8, 4) is 0 Å². The molecular weight excluding hydrogens is 225 g/mol. The van der Waals surface area contributed by atoms with Crippen molar-refractivity contribution in [1.82, 2.24) is 4.90 Å². The van der Waals surface area contributed by atoms with Crippen LogP contribution < -0.4 is 0 Å². The number of benzene rings is 1. The highest BCUT2D eigenvalue weighted by Crippen LogP contribution is 2.52. The van der Waals surface area contributed by atoms with E-state index in [1.165, 1.54) is 24.6 Å². The second-order valence-corrected chi connectivity index (χ2v) is 5.57. The molecule has 0 N–H and O–H groups in total. The highest BCUT2D eigenvalue weighted by atomic mass is 35.5. The number of rotatable bonds is 1. The van der Waals surface area contributed by atoms with E-state index in [0.717, 1.165) is 18.4 Å². The normalized spacial score (nSPS) is 33.6. The van der Waals surface area contributed by atoms with Gasteiger partial charge in [-0.1, -0.05) is 17.7 Å². The fourth-order valence-electron chi connectivity index (χ4n) is 3.02. The predicted molar refractivity (Wildman–Crippen MR) is 63.2 cm³/mol. The van der Waals surface area contributed by atoms with E-state index in [4.69, 9.17) is 11.6 Å². The Hall–Kier alpha value is -0.600. The van der Waals surface area contributed by atoms with E-state index in [0.29, 0.717) is 5.92 Å². The molecule has 2 fully saturated rings. The molecule has 16 heavy (non-hydrogen) atoms. The fourth-order valence-corrected chi connectivity index (χ4v) is 3.20. The first-order valence-electron chi connectivity index (χ1n) is 5.78. The number of likely N-dealkylation sites (tertiary alicyclic amines) is 1. The van der Waals surface area contributed by atoms with Gasteiger partial charge in [0.15, 0.2) is 0 Å². The number of likely N-dealkylation sites (N-methyl/N-ethyl adjacent to an activating group) is 1. The van der Waals surface area contributed by atoms with Gasteiger partial charge in [-0.15, -0.1) is 0 Å².